The third-order valence-corrected chi connectivity index (χ3v) is 5.84. The van der Waals surface area contributed by atoms with Gasteiger partial charge in [0, 0.05) is 31.5 Å². The van der Waals surface area contributed by atoms with Gasteiger partial charge in [0.2, 0.25) is 5.91 Å². The van der Waals surface area contributed by atoms with Crippen LogP contribution in [0.15, 0.2) is 35.9 Å². The van der Waals surface area contributed by atoms with Gasteiger partial charge in [0.25, 0.3) is 0 Å². The second kappa shape index (κ2) is 7.18. The van der Waals surface area contributed by atoms with Gasteiger partial charge in [-0.15, -0.1) is 0 Å². The minimum atomic E-state index is -0.0350. The van der Waals surface area contributed by atoms with Crippen LogP contribution in [0.2, 0.25) is 0 Å². The third kappa shape index (κ3) is 3.64. The number of nitrogens with zero attached hydrogens (tertiary/aromatic N) is 1. The van der Waals surface area contributed by atoms with E-state index in [0.717, 1.165) is 43.5 Å². The molecular formula is C22H29NO3. The Morgan fingerprint density at radius 2 is 1.85 bits per heavy atom. The van der Waals surface area contributed by atoms with E-state index in [4.69, 9.17) is 0 Å². The zero-order chi connectivity index (χ0) is 19.0. The van der Waals surface area contributed by atoms with E-state index in [1.165, 1.54) is 5.57 Å². The van der Waals surface area contributed by atoms with Gasteiger partial charge < -0.3 is 15.1 Å². The average Bonchev–Trinajstić information content (AvgIpc) is 2.49. The number of aromatic hydroxyl groups is 2. The van der Waals surface area contributed by atoms with Gasteiger partial charge in [-0.2, -0.15) is 0 Å². The van der Waals surface area contributed by atoms with E-state index in [0.29, 0.717) is 11.5 Å². The van der Waals surface area contributed by atoms with Crippen LogP contribution in [0.1, 0.15) is 50.7 Å². The van der Waals surface area contributed by atoms with Crippen molar-refractivity contribution in [2.24, 2.45) is 11.8 Å². The number of benzene rings is 1. The van der Waals surface area contributed by atoms with Gasteiger partial charge in [-0.05, 0) is 62.6 Å². The minimum Gasteiger partial charge on any atom is -0.507 e. The topological polar surface area (TPSA) is 60.8 Å². The maximum Gasteiger partial charge on any atom is 0.219 e. The molecule has 1 aromatic rings. The van der Waals surface area contributed by atoms with Crippen LogP contribution in [0.5, 0.6) is 11.5 Å². The van der Waals surface area contributed by atoms with Crippen molar-refractivity contribution in [3.63, 3.8) is 0 Å². The van der Waals surface area contributed by atoms with E-state index in [2.05, 4.69) is 19.6 Å². The number of allylic oxidation sites excluding steroid dienone is 3. The van der Waals surface area contributed by atoms with E-state index in [-0.39, 0.29) is 29.2 Å². The summed E-state index contributed by atoms with van der Waals surface area (Å²) >= 11 is 0. The molecule has 2 unspecified atom stereocenters. The number of likely N-dealkylation sites (tertiary alicyclic amines) is 1. The zero-order valence-corrected chi connectivity index (χ0v) is 16.0. The van der Waals surface area contributed by atoms with Crippen LogP contribution >= 0.6 is 0 Å². The maximum absolute atomic E-state index is 11.3. The number of carbonyl (C=O) groups excluding carboxylic acids is 1. The Hall–Kier alpha value is -2.23. The van der Waals surface area contributed by atoms with Crippen molar-refractivity contribution in [3.05, 3.63) is 47.1 Å². The van der Waals surface area contributed by atoms with Gasteiger partial charge >= 0.3 is 0 Å². The molecule has 0 bridgehead atoms. The molecule has 3 rings (SSSR count). The van der Waals surface area contributed by atoms with Crippen molar-refractivity contribution < 1.29 is 15.0 Å². The van der Waals surface area contributed by atoms with E-state index in [1.807, 2.05) is 11.8 Å². The number of phenols is 2. The maximum atomic E-state index is 11.3. The van der Waals surface area contributed by atoms with Gasteiger partial charge in [-0.1, -0.05) is 23.8 Å². The number of hydrogen-bond donors (Lipinski definition) is 2. The summed E-state index contributed by atoms with van der Waals surface area (Å²) in [6.45, 7) is 11.3. The lowest BCUT2D eigenvalue weighted by Crippen LogP contribution is -2.49. The van der Waals surface area contributed by atoms with Crippen LogP contribution in [-0.2, 0) is 11.2 Å². The van der Waals surface area contributed by atoms with Crippen LogP contribution in [-0.4, -0.2) is 34.1 Å². The molecule has 1 aliphatic heterocycles. The fourth-order valence-electron chi connectivity index (χ4n) is 4.33. The first-order valence-electron chi connectivity index (χ1n) is 9.39. The molecule has 0 saturated carbocycles. The fraction of sp³-hybridized carbons (Fsp3) is 0.500. The summed E-state index contributed by atoms with van der Waals surface area (Å²) in [6, 6.07) is 3.55. The van der Waals surface area contributed by atoms with Crippen LogP contribution in [0, 0.1) is 11.8 Å². The lowest BCUT2D eigenvalue weighted by Gasteiger charge is -2.39. The van der Waals surface area contributed by atoms with Crippen molar-refractivity contribution in [2.45, 2.75) is 46.0 Å². The Labute approximate surface area is 155 Å². The van der Waals surface area contributed by atoms with E-state index < -0.39 is 0 Å². The molecule has 26 heavy (non-hydrogen) atoms. The Bertz CT molecular complexity index is 736. The van der Waals surface area contributed by atoms with Gasteiger partial charge in [0.05, 0.1) is 0 Å². The molecule has 2 N–H and O–H groups in total. The van der Waals surface area contributed by atoms with Crippen molar-refractivity contribution >= 4 is 5.91 Å². The molecule has 0 spiro atoms. The fourth-order valence-corrected chi connectivity index (χ4v) is 4.33. The lowest BCUT2D eigenvalue weighted by molar-refractivity contribution is -0.134. The molecule has 1 fully saturated rings. The summed E-state index contributed by atoms with van der Waals surface area (Å²) in [5.74, 6) is 1.01. The standard InChI is InChI=1S/C22H29NO3/c1-13(2)18-6-5-14(3)7-19(18)22-20(25)9-16(10-21(22)26)8-17-11-23(12-17)15(4)24/h7,9-10,17-19,25-26H,1,5-6,8,11-12H2,2-4H3. The number of phenolic OH excluding ortho intramolecular Hbond substituents is 2. The average molecular weight is 355 g/mol. The molecule has 2 atom stereocenters. The van der Waals surface area contributed by atoms with E-state index >= 15 is 0 Å². The largest absolute Gasteiger partial charge is 0.507 e. The molecular weight excluding hydrogens is 326 g/mol. The smallest absolute Gasteiger partial charge is 0.219 e. The molecule has 0 aromatic heterocycles. The highest BCUT2D eigenvalue weighted by Gasteiger charge is 2.32. The summed E-state index contributed by atoms with van der Waals surface area (Å²) in [6.07, 6.45) is 4.94. The molecule has 4 nitrogen and oxygen atoms in total. The summed E-state index contributed by atoms with van der Waals surface area (Å²) < 4.78 is 0. The predicted octanol–water partition coefficient (Wildman–Crippen LogP) is 4.13. The van der Waals surface area contributed by atoms with Crippen LogP contribution in [0.3, 0.4) is 0 Å². The van der Waals surface area contributed by atoms with Gasteiger partial charge in [-0.25, -0.2) is 0 Å². The van der Waals surface area contributed by atoms with Gasteiger partial charge in [0.1, 0.15) is 11.5 Å². The Morgan fingerprint density at radius 3 is 2.38 bits per heavy atom. The Morgan fingerprint density at radius 1 is 1.23 bits per heavy atom. The number of hydrogen-bond acceptors (Lipinski definition) is 3. The quantitative estimate of drug-likeness (QED) is 0.798. The third-order valence-electron chi connectivity index (χ3n) is 5.84. The van der Waals surface area contributed by atoms with Gasteiger partial charge in [0.15, 0.2) is 0 Å². The Kier molecular flexibility index (Phi) is 5.12. The number of carbonyl (C=O) groups is 1. The monoisotopic (exact) mass is 355 g/mol. The molecule has 1 aromatic carbocycles. The SMILES string of the molecule is C=C(C)C1CCC(C)=CC1c1c(O)cc(CC2CN(C(C)=O)C2)cc1O. The molecule has 1 saturated heterocycles. The molecule has 0 radical (unpaired) electrons. The van der Waals surface area contributed by atoms with Crippen molar-refractivity contribution in [1.82, 2.24) is 4.90 Å². The first-order valence-corrected chi connectivity index (χ1v) is 9.39. The predicted molar refractivity (Wildman–Crippen MR) is 103 cm³/mol. The van der Waals surface area contributed by atoms with Crippen molar-refractivity contribution in [3.8, 4) is 11.5 Å². The summed E-state index contributed by atoms with van der Waals surface area (Å²) in [4.78, 5) is 13.1. The first kappa shape index (κ1) is 18.6. The minimum absolute atomic E-state index is 0.0350. The second-order valence-electron chi connectivity index (χ2n) is 8.07. The summed E-state index contributed by atoms with van der Waals surface area (Å²) in [5.41, 5.74) is 3.90. The molecule has 140 valence electrons. The number of amides is 1. The first-order chi connectivity index (χ1) is 12.3. The highest BCUT2D eigenvalue weighted by atomic mass is 16.3. The highest BCUT2D eigenvalue weighted by molar-refractivity contribution is 5.74. The lowest BCUT2D eigenvalue weighted by atomic mass is 9.73. The zero-order valence-electron chi connectivity index (χ0n) is 16.0. The van der Waals surface area contributed by atoms with Crippen LogP contribution in [0.25, 0.3) is 0 Å². The number of rotatable bonds is 4. The molecule has 1 heterocycles. The summed E-state index contributed by atoms with van der Waals surface area (Å²) in [5, 5.41) is 21.3. The highest BCUT2D eigenvalue weighted by Crippen LogP contribution is 2.46. The van der Waals surface area contributed by atoms with Crippen molar-refractivity contribution in [1.29, 1.82) is 0 Å². The molecule has 4 heteroatoms. The van der Waals surface area contributed by atoms with E-state index in [1.54, 1.807) is 19.1 Å². The van der Waals surface area contributed by atoms with E-state index in [9.17, 15) is 15.0 Å². The summed E-state index contributed by atoms with van der Waals surface area (Å²) in [7, 11) is 0. The molecule has 2 aliphatic rings. The van der Waals surface area contributed by atoms with Crippen molar-refractivity contribution in [2.75, 3.05) is 13.1 Å². The van der Waals surface area contributed by atoms with Crippen LogP contribution < -0.4 is 0 Å². The second-order valence-corrected chi connectivity index (χ2v) is 8.07. The Balaban J connectivity index is 1.82. The van der Waals surface area contributed by atoms with Gasteiger partial charge in [-0.3, -0.25) is 4.79 Å². The molecule has 1 aliphatic carbocycles. The van der Waals surface area contributed by atoms with Crippen LogP contribution in [0.4, 0.5) is 0 Å². The normalized spacial score (nSPS) is 23.3. The molecule has 1 amide bonds.